The number of halogens is 1. The fourth-order valence-electron chi connectivity index (χ4n) is 1.17. The van der Waals surface area contributed by atoms with Gasteiger partial charge in [-0.25, -0.2) is 4.39 Å². The van der Waals surface area contributed by atoms with E-state index in [2.05, 4.69) is 12.6 Å². The van der Waals surface area contributed by atoms with Crippen LogP contribution in [0.1, 0.15) is 5.56 Å². The number of methoxy groups -OCH3 is 1. The zero-order valence-corrected chi connectivity index (χ0v) is 9.22. The van der Waals surface area contributed by atoms with Crippen molar-refractivity contribution in [1.29, 1.82) is 0 Å². The van der Waals surface area contributed by atoms with Gasteiger partial charge >= 0.3 is 0 Å². The Morgan fingerprint density at radius 2 is 2.21 bits per heavy atom. The highest BCUT2D eigenvalue weighted by Crippen LogP contribution is 2.18. The molecule has 0 atom stereocenters. The minimum atomic E-state index is -0.322. The molecule has 0 saturated heterocycles. The number of hydrogen-bond acceptors (Lipinski definition) is 3. The Kier molecular flexibility index (Phi) is 4.22. The molecule has 0 radical (unpaired) electrons. The van der Waals surface area contributed by atoms with Crippen molar-refractivity contribution in [1.82, 2.24) is 4.90 Å². The summed E-state index contributed by atoms with van der Waals surface area (Å²) in [5, 5.41) is 0. The third kappa shape index (κ3) is 2.89. The molecule has 0 aliphatic carbocycles. The normalized spacial score (nSPS) is 10.6. The van der Waals surface area contributed by atoms with Gasteiger partial charge in [0.25, 0.3) is 0 Å². The summed E-state index contributed by atoms with van der Waals surface area (Å²) < 4.78 is 18.1. The van der Waals surface area contributed by atoms with Crippen LogP contribution in [0, 0.1) is 5.82 Å². The second-order valence-electron chi connectivity index (χ2n) is 3.12. The van der Waals surface area contributed by atoms with E-state index in [1.807, 2.05) is 18.0 Å². The summed E-state index contributed by atoms with van der Waals surface area (Å²) in [4.78, 5) is 1.98. The molecule has 1 aromatic carbocycles. The van der Waals surface area contributed by atoms with Gasteiger partial charge in [-0.3, -0.25) is 4.90 Å². The Labute approximate surface area is 89.1 Å². The third-order valence-corrected chi connectivity index (χ3v) is 2.39. The standard InChI is InChI=1S/C10H14FNOS/c1-12(7-14)6-8-3-4-10(13-2)9(11)5-8/h3-5,14H,6-7H2,1-2H3. The van der Waals surface area contributed by atoms with Crippen LogP contribution < -0.4 is 4.74 Å². The van der Waals surface area contributed by atoms with Crippen LogP contribution in [-0.2, 0) is 6.54 Å². The van der Waals surface area contributed by atoms with Crippen LogP contribution in [0.25, 0.3) is 0 Å². The molecule has 1 aromatic rings. The van der Waals surface area contributed by atoms with E-state index in [0.29, 0.717) is 12.4 Å². The molecule has 0 aromatic heterocycles. The molecule has 0 unspecified atom stereocenters. The van der Waals surface area contributed by atoms with Gasteiger partial charge in [0.05, 0.1) is 7.11 Å². The van der Waals surface area contributed by atoms with Crippen LogP contribution in [0.15, 0.2) is 18.2 Å². The lowest BCUT2D eigenvalue weighted by Crippen LogP contribution is -2.15. The van der Waals surface area contributed by atoms with Crippen LogP contribution >= 0.6 is 12.6 Å². The second-order valence-corrected chi connectivity index (χ2v) is 3.41. The zero-order chi connectivity index (χ0) is 10.6. The summed E-state index contributed by atoms with van der Waals surface area (Å²) in [6, 6.07) is 4.97. The molecule has 1 rings (SSSR count). The van der Waals surface area contributed by atoms with Crippen molar-refractivity contribution < 1.29 is 9.13 Å². The first-order chi connectivity index (χ1) is 6.67. The maximum Gasteiger partial charge on any atom is 0.165 e. The smallest absolute Gasteiger partial charge is 0.165 e. The van der Waals surface area contributed by atoms with E-state index in [1.165, 1.54) is 13.2 Å². The molecular weight excluding hydrogens is 201 g/mol. The fourth-order valence-corrected chi connectivity index (χ4v) is 1.27. The van der Waals surface area contributed by atoms with Crippen molar-refractivity contribution in [2.24, 2.45) is 0 Å². The van der Waals surface area contributed by atoms with E-state index in [9.17, 15) is 4.39 Å². The molecule has 0 amide bonds. The van der Waals surface area contributed by atoms with Gasteiger partial charge in [0.1, 0.15) is 0 Å². The fraction of sp³-hybridized carbons (Fsp3) is 0.400. The molecule has 0 saturated carbocycles. The van der Waals surface area contributed by atoms with Crippen LogP contribution in [0.4, 0.5) is 4.39 Å². The molecule has 0 spiro atoms. The van der Waals surface area contributed by atoms with Gasteiger partial charge in [0, 0.05) is 12.4 Å². The summed E-state index contributed by atoms with van der Waals surface area (Å²) in [5.41, 5.74) is 0.917. The Morgan fingerprint density at radius 3 is 2.71 bits per heavy atom. The van der Waals surface area contributed by atoms with Gasteiger partial charge in [0.15, 0.2) is 11.6 Å². The van der Waals surface area contributed by atoms with Gasteiger partial charge in [-0.1, -0.05) is 6.07 Å². The van der Waals surface area contributed by atoms with Crippen molar-refractivity contribution >= 4 is 12.6 Å². The van der Waals surface area contributed by atoms with E-state index >= 15 is 0 Å². The molecule has 0 aliphatic heterocycles. The lowest BCUT2D eigenvalue weighted by molar-refractivity contribution is 0.376. The van der Waals surface area contributed by atoms with Crippen molar-refractivity contribution in [3.63, 3.8) is 0 Å². The van der Waals surface area contributed by atoms with Crippen LogP contribution in [0.2, 0.25) is 0 Å². The van der Waals surface area contributed by atoms with E-state index in [4.69, 9.17) is 4.74 Å². The van der Waals surface area contributed by atoms with E-state index in [1.54, 1.807) is 6.07 Å². The maximum absolute atomic E-state index is 13.2. The molecule has 78 valence electrons. The Hall–Kier alpha value is -0.740. The Bertz CT molecular complexity index is 306. The molecule has 14 heavy (non-hydrogen) atoms. The summed E-state index contributed by atoms with van der Waals surface area (Å²) >= 11 is 4.12. The average Bonchev–Trinajstić information content (AvgIpc) is 2.18. The van der Waals surface area contributed by atoms with Crippen molar-refractivity contribution in [2.75, 3.05) is 20.0 Å². The van der Waals surface area contributed by atoms with Crippen molar-refractivity contribution in [3.8, 4) is 5.75 Å². The largest absolute Gasteiger partial charge is 0.494 e. The molecule has 4 heteroatoms. The SMILES string of the molecule is COc1ccc(CN(C)CS)cc1F. The zero-order valence-electron chi connectivity index (χ0n) is 8.33. The lowest BCUT2D eigenvalue weighted by Gasteiger charge is -2.13. The van der Waals surface area contributed by atoms with Crippen LogP contribution in [-0.4, -0.2) is 24.9 Å². The van der Waals surface area contributed by atoms with Crippen LogP contribution in [0.5, 0.6) is 5.75 Å². The highest BCUT2D eigenvalue weighted by Gasteiger charge is 2.04. The number of thiol groups is 1. The predicted molar refractivity (Wildman–Crippen MR) is 58.3 cm³/mol. The number of rotatable bonds is 4. The number of ether oxygens (including phenoxy) is 1. The number of hydrogen-bond donors (Lipinski definition) is 1. The van der Waals surface area contributed by atoms with Crippen molar-refractivity contribution in [3.05, 3.63) is 29.6 Å². The second kappa shape index (κ2) is 5.22. The van der Waals surface area contributed by atoms with Gasteiger partial charge in [-0.2, -0.15) is 12.6 Å². The number of benzene rings is 1. The van der Waals surface area contributed by atoms with Gasteiger partial charge in [-0.05, 0) is 24.7 Å². The van der Waals surface area contributed by atoms with E-state index in [-0.39, 0.29) is 11.6 Å². The molecular formula is C10H14FNOS. The third-order valence-electron chi connectivity index (χ3n) is 1.91. The Balaban J connectivity index is 2.76. The maximum atomic E-state index is 13.2. The molecule has 0 aliphatic rings. The minimum Gasteiger partial charge on any atom is -0.494 e. The first-order valence-electron chi connectivity index (χ1n) is 4.29. The van der Waals surface area contributed by atoms with E-state index < -0.39 is 0 Å². The number of nitrogens with zero attached hydrogens (tertiary/aromatic N) is 1. The molecule has 0 heterocycles. The molecule has 0 bridgehead atoms. The predicted octanol–water partition coefficient (Wildman–Crippen LogP) is 2.15. The van der Waals surface area contributed by atoms with Crippen LogP contribution in [0.3, 0.4) is 0 Å². The van der Waals surface area contributed by atoms with Gasteiger partial charge in [0.2, 0.25) is 0 Å². The summed E-state index contributed by atoms with van der Waals surface area (Å²) in [6.45, 7) is 0.685. The quantitative estimate of drug-likeness (QED) is 0.610. The minimum absolute atomic E-state index is 0.280. The monoisotopic (exact) mass is 215 g/mol. The molecule has 0 fully saturated rings. The van der Waals surface area contributed by atoms with Gasteiger partial charge < -0.3 is 4.74 Å². The highest BCUT2D eigenvalue weighted by atomic mass is 32.1. The molecule has 0 N–H and O–H groups in total. The van der Waals surface area contributed by atoms with E-state index in [0.717, 1.165) is 5.56 Å². The first-order valence-corrected chi connectivity index (χ1v) is 4.92. The average molecular weight is 215 g/mol. The first kappa shape index (κ1) is 11.3. The Morgan fingerprint density at radius 1 is 1.50 bits per heavy atom. The van der Waals surface area contributed by atoms with Gasteiger partial charge in [-0.15, -0.1) is 0 Å². The topological polar surface area (TPSA) is 12.5 Å². The summed E-state index contributed by atoms with van der Waals surface area (Å²) in [5.74, 6) is 0.605. The summed E-state index contributed by atoms with van der Waals surface area (Å²) in [7, 11) is 3.38. The lowest BCUT2D eigenvalue weighted by atomic mass is 10.2. The molecule has 2 nitrogen and oxygen atoms in total. The highest BCUT2D eigenvalue weighted by molar-refractivity contribution is 7.80. The van der Waals surface area contributed by atoms with Crippen molar-refractivity contribution in [2.45, 2.75) is 6.54 Å². The summed E-state index contributed by atoms with van der Waals surface area (Å²) in [6.07, 6.45) is 0.